The lowest BCUT2D eigenvalue weighted by atomic mass is 10.1. The summed E-state index contributed by atoms with van der Waals surface area (Å²) in [6.07, 6.45) is 0.784. The molecule has 1 N–H and O–H groups in total. The Morgan fingerprint density at radius 1 is 1.00 bits per heavy atom. The van der Waals surface area contributed by atoms with Crippen LogP contribution in [0, 0.1) is 0 Å². The van der Waals surface area contributed by atoms with Crippen molar-refractivity contribution in [3.8, 4) is 17.2 Å². The highest BCUT2D eigenvalue weighted by Crippen LogP contribution is 2.31. The third kappa shape index (κ3) is 3.98. The number of para-hydroxylation sites is 2. The predicted octanol–water partition coefficient (Wildman–Crippen LogP) is 2.89. The molecule has 0 unspecified atom stereocenters. The van der Waals surface area contributed by atoms with E-state index in [2.05, 4.69) is 10.3 Å². The number of rotatable bonds is 8. The zero-order chi connectivity index (χ0) is 16.6. The normalized spacial score (nSPS) is 13.1. The van der Waals surface area contributed by atoms with E-state index < -0.39 is 0 Å². The molecule has 3 rings (SSSR count). The lowest BCUT2D eigenvalue weighted by Gasteiger charge is -2.15. The van der Waals surface area contributed by atoms with Crippen LogP contribution in [0.15, 0.2) is 53.5 Å². The molecule has 0 fully saturated rings. The second kappa shape index (κ2) is 8.24. The van der Waals surface area contributed by atoms with Crippen molar-refractivity contribution in [3.63, 3.8) is 0 Å². The van der Waals surface area contributed by atoms with Gasteiger partial charge in [0.2, 0.25) is 0 Å². The zero-order valence-corrected chi connectivity index (χ0v) is 13.8. The van der Waals surface area contributed by atoms with E-state index in [0.29, 0.717) is 19.0 Å². The van der Waals surface area contributed by atoms with Crippen LogP contribution < -0.4 is 19.5 Å². The standard InChI is InChI=1S/C19H22N2O3/c1-22-17-10-5-9-16(19-20-11-12-21-19)18(17)24-14-6-13-23-15-7-3-2-4-8-15/h2-5,7-10H,6,11-14H2,1H3,(H,20,21). The summed E-state index contributed by atoms with van der Waals surface area (Å²) in [5.74, 6) is 3.19. The van der Waals surface area contributed by atoms with Crippen LogP contribution in [0.2, 0.25) is 0 Å². The molecule has 0 saturated carbocycles. The molecule has 5 heteroatoms. The molecule has 0 saturated heterocycles. The van der Waals surface area contributed by atoms with Crippen LogP contribution in [0.1, 0.15) is 12.0 Å². The summed E-state index contributed by atoms with van der Waals surface area (Å²) in [4.78, 5) is 4.47. The summed E-state index contributed by atoms with van der Waals surface area (Å²) in [7, 11) is 1.65. The van der Waals surface area contributed by atoms with Crippen LogP contribution in [0.5, 0.6) is 17.2 Å². The Balaban J connectivity index is 1.58. The van der Waals surface area contributed by atoms with Crippen LogP contribution in [0.3, 0.4) is 0 Å². The zero-order valence-electron chi connectivity index (χ0n) is 13.8. The second-order valence-corrected chi connectivity index (χ2v) is 5.36. The SMILES string of the molecule is COc1cccc(C2=NCCN2)c1OCCCOc1ccccc1. The van der Waals surface area contributed by atoms with Crippen molar-refractivity contribution in [3.05, 3.63) is 54.1 Å². The third-order valence-electron chi connectivity index (χ3n) is 3.68. The average molecular weight is 326 g/mol. The molecule has 126 valence electrons. The van der Waals surface area contributed by atoms with E-state index in [1.54, 1.807) is 7.11 Å². The van der Waals surface area contributed by atoms with Crippen molar-refractivity contribution < 1.29 is 14.2 Å². The Labute approximate surface area is 142 Å². The molecule has 0 radical (unpaired) electrons. The van der Waals surface area contributed by atoms with Gasteiger partial charge in [0, 0.05) is 13.0 Å². The monoisotopic (exact) mass is 326 g/mol. The lowest BCUT2D eigenvalue weighted by molar-refractivity contribution is 0.240. The summed E-state index contributed by atoms with van der Waals surface area (Å²) in [5, 5.41) is 3.28. The maximum Gasteiger partial charge on any atom is 0.172 e. The fraction of sp³-hybridized carbons (Fsp3) is 0.316. The molecule has 1 heterocycles. The fourth-order valence-corrected chi connectivity index (χ4v) is 2.53. The largest absolute Gasteiger partial charge is 0.493 e. The van der Waals surface area contributed by atoms with Gasteiger partial charge in [-0.2, -0.15) is 0 Å². The van der Waals surface area contributed by atoms with Gasteiger partial charge in [0.25, 0.3) is 0 Å². The number of ether oxygens (including phenoxy) is 3. The highest BCUT2D eigenvalue weighted by atomic mass is 16.5. The molecule has 5 nitrogen and oxygen atoms in total. The van der Waals surface area contributed by atoms with Crippen molar-refractivity contribution in [1.82, 2.24) is 5.32 Å². The third-order valence-corrected chi connectivity index (χ3v) is 3.68. The number of aliphatic imine (C=N–C) groups is 1. The summed E-state index contributed by atoms with van der Waals surface area (Å²) >= 11 is 0. The Bertz CT molecular complexity index is 686. The number of nitrogens with one attached hydrogen (secondary N) is 1. The van der Waals surface area contributed by atoms with Gasteiger partial charge in [-0.3, -0.25) is 4.99 Å². The topological polar surface area (TPSA) is 52.1 Å². The molecule has 0 aromatic heterocycles. The van der Waals surface area contributed by atoms with Gasteiger partial charge in [-0.1, -0.05) is 24.3 Å². The summed E-state index contributed by atoms with van der Waals surface area (Å²) in [6, 6.07) is 15.6. The average Bonchev–Trinajstić information content (AvgIpc) is 3.16. The van der Waals surface area contributed by atoms with E-state index in [-0.39, 0.29) is 0 Å². The van der Waals surface area contributed by atoms with Crippen molar-refractivity contribution in [2.75, 3.05) is 33.4 Å². The van der Waals surface area contributed by atoms with Gasteiger partial charge in [-0.05, 0) is 24.3 Å². The summed E-state index contributed by atoms with van der Waals surface area (Å²) in [5.41, 5.74) is 0.941. The summed E-state index contributed by atoms with van der Waals surface area (Å²) in [6.45, 7) is 2.80. The van der Waals surface area contributed by atoms with Gasteiger partial charge < -0.3 is 19.5 Å². The van der Waals surface area contributed by atoms with E-state index in [4.69, 9.17) is 14.2 Å². The van der Waals surface area contributed by atoms with Gasteiger partial charge in [-0.15, -0.1) is 0 Å². The number of hydrogen-bond acceptors (Lipinski definition) is 5. The van der Waals surface area contributed by atoms with Crippen LogP contribution in [0.4, 0.5) is 0 Å². The smallest absolute Gasteiger partial charge is 0.172 e. The highest BCUT2D eigenvalue weighted by molar-refractivity contribution is 6.02. The molecule has 0 atom stereocenters. The Hall–Kier alpha value is -2.69. The Morgan fingerprint density at radius 3 is 2.58 bits per heavy atom. The number of hydrogen-bond donors (Lipinski definition) is 1. The first kappa shape index (κ1) is 16.2. The fourth-order valence-electron chi connectivity index (χ4n) is 2.53. The van der Waals surface area contributed by atoms with Crippen molar-refractivity contribution in [2.45, 2.75) is 6.42 Å². The number of benzene rings is 2. The second-order valence-electron chi connectivity index (χ2n) is 5.36. The number of nitrogens with zero attached hydrogens (tertiary/aromatic N) is 1. The number of amidine groups is 1. The van der Waals surface area contributed by atoms with E-state index in [1.165, 1.54) is 0 Å². The van der Waals surface area contributed by atoms with Gasteiger partial charge in [0.15, 0.2) is 11.5 Å². The molecule has 0 amide bonds. The molecular formula is C19H22N2O3. The Kier molecular flexibility index (Phi) is 5.56. The van der Waals surface area contributed by atoms with Crippen LogP contribution in [0.25, 0.3) is 0 Å². The first-order valence-electron chi connectivity index (χ1n) is 8.15. The maximum atomic E-state index is 5.98. The van der Waals surface area contributed by atoms with E-state index in [9.17, 15) is 0 Å². The molecule has 1 aliphatic rings. The number of methoxy groups -OCH3 is 1. The highest BCUT2D eigenvalue weighted by Gasteiger charge is 2.17. The molecule has 1 aliphatic heterocycles. The van der Waals surface area contributed by atoms with Crippen LogP contribution >= 0.6 is 0 Å². The predicted molar refractivity (Wildman–Crippen MR) is 94.4 cm³/mol. The van der Waals surface area contributed by atoms with Crippen molar-refractivity contribution >= 4 is 5.84 Å². The lowest BCUT2D eigenvalue weighted by Crippen LogP contribution is -2.20. The van der Waals surface area contributed by atoms with Gasteiger partial charge in [0.1, 0.15) is 11.6 Å². The first-order valence-corrected chi connectivity index (χ1v) is 8.15. The first-order chi connectivity index (χ1) is 11.9. The van der Waals surface area contributed by atoms with Crippen molar-refractivity contribution in [2.24, 2.45) is 4.99 Å². The van der Waals surface area contributed by atoms with E-state index >= 15 is 0 Å². The molecule has 0 bridgehead atoms. The molecule has 2 aromatic carbocycles. The minimum Gasteiger partial charge on any atom is -0.493 e. The maximum absolute atomic E-state index is 5.98. The van der Waals surface area contributed by atoms with Gasteiger partial charge in [-0.25, -0.2) is 0 Å². The molecule has 0 spiro atoms. The van der Waals surface area contributed by atoms with E-state index in [0.717, 1.165) is 42.4 Å². The van der Waals surface area contributed by atoms with Crippen molar-refractivity contribution in [1.29, 1.82) is 0 Å². The quantitative estimate of drug-likeness (QED) is 0.758. The van der Waals surface area contributed by atoms with E-state index in [1.807, 2.05) is 48.5 Å². The molecule has 2 aromatic rings. The Morgan fingerprint density at radius 2 is 1.83 bits per heavy atom. The van der Waals surface area contributed by atoms with Gasteiger partial charge in [0.05, 0.1) is 32.4 Å². The van der Waals surface area contributed by atoms with Crippen LogP contribution in [-0.4, -0.2) is 39.2 Å². The minimum absolute atomic E-state index is 0.549. The molecule has 0 aliphatic carbocycles. The van der Waals surface area contributed by atoms with Crippen LogP contribution in [-0.2, 0) is 0 Å². The molecular weight excluding hydrogens is 304 g/mol. The molecule has 24 heavy (non-hydrogen) atoms. The minimum atomic E-state index is 0.549. The van der Waals surface area contributed by atoms with Gasteiger partial charge >= 0.3 is 0 Å². The summed E-state index contributed by atoms with van der Waals surface area (Å²) < 4.78 is 17.1.